The monoisotopic (exact) mass is 261 g/mol. The Hall–Kier alpha value is -1.51. The Bertz CT molecular complexity index is 508. The molecule has 0 amide bonds. The van der Waals surface area contributed by atoms with Gasteiger partial charge < -0.3 is 10.5 Å². The van der Waals surface area contributed by atoms with Gasteiger partial charge in [0.25, 0.3) is 0 Å². The second-order valence-corrected chi connectivity index (χ2v) is 4.64. The fraction of sp³-hybridized carbons (Fsp3) is 0.200. The summed E-state index contributed by atoms with van der Waals surface area (Å²) in [5, 5.41) is 0.727. The zero-order chi connectivity index (χ0) is 13.0. The molecule has 2 aromatic rings. The minimum absolute atomic E-state index is 0.0441. The average Bonchev–Trinajstić information content (AvgIpc) is 2.38. The fourth-order valence-corrected chi connectivity index (χ4v) is 1.83. The first-order valence-electron chi connectivity index (χ1n) is 5.88. The molecule has 0 heterocycles. The maximum absolute atomic E-state index is 6.06. The van der Waals surface area contributed by atoms with Crippen molar-refractivity contribution < 1.29 is 4.74 Å². The summed E-state index contributed by atoms with van der Waals surface area (Å²) >= 11 is 6.06. The van der Waals surface area contributed by atoms with Crippen LogP contribution in [0.1, 0.15) is 24.1 Å². The van der Waals surface area contributed by atoms with E-state index in [1.54, 1.807) is 0 Å². The summed E-state index contributed by atoms with van der Waals surface area (Å²) in [5.74, 6) is 0.819. The van der Waals surface area contributed by atoms with Crippen molar-refractivity contribution in [2.24, 2.45) is 5.73 Å². The predicted molar refractivity (Wildman–Crippen MR) is 74.8 cm³/mol. The lowest BCUT2D eigenvalue weighted by Crippen LogP contribution is -2.04. The van der Waals surface area contributed by atoms with Crippen molar-refractivity contribution in [2.75, 3.05) is 0 Å². The zero-order valence-electron chi connectivity index (χ0n) is 10.3. The SMILES string of the molecule is C[C@@H](N)c1ccc(OCc2ccccc2Cl)cc1. The number of hydrogen-bond acceptors (Lipinski definition) is 2. The number of ether oxygens (including phenoxy) is 1. The van der Waals surface area contributed by atoms with Gasteiger partial charge in [-0.2, -0.15) is 0 Å². The van der Waals surface area contributed by atoms with E-state index in [1.807, 2.05) is 55.5 Å². The van der Waals surface area contributed by atoms with Gasteiger partial charge in [-0.3, -0.25) is 0 Å². The first kappa shape index (κ1) is 12.9. The zero-order valence-corrected chi connectivity index (χ0v) is 11.0. The van der Waals surface area contributed by atoms with Crippen molar-refractivity contribution in [3.8, 4) is 5.75 Å². The molecule has 0 aliphatic rings. The Balaban J connectivity index is 2.00. The minimum Gasteiger partial charge on any atom is -0.489 e. The van der Waals surface area contributed by atoms with E-state index in [9.17, 15) is 0 Å². The third kappa shape index (κ3) is 3.25. The van der Waals surface area contributed by atoms with Crippen LogP contribution in [0.2, 0.25) is 5.02 Å². The number of nitrogens with two attached hydrogens (primary N) is 1. The molecule has 0 aliphatic heterocycles. The minimum atomic E-state index is 0.0441. The quantitative estimate of drug-likeness (QED) is 0.905. The first-order chi connectivity index (χ1) is 8.66. The largest absolute Gasteiger partial charge is 0.489 e. The molecule has 1 atom stereocenters. The second-order valence-electron chi connectivity index (χ2n) is 4.24. The maximum atomic E-state index is 6.06. The Morgan fingerprint density at radius 1 is 1.11 bits per heavy atom. The molecule has 2 rings (SSSR count). The van der Waals surface area contributed by atoms with Crippen molar-refractivity contribution in [1.29, 1.82) is 0 Å². The molecule has 18 heavy (non-hydrogen) atoms. The highest BCUT2D eigenvalue weighted by molar-refractivity contribution is 6.31. The van der Waals surface area contributed by atoms with Gasteiger partial charge in [-0.15, -0.1) is 0 Å². The normalized spacial score (nSPS) is 12.2. The molecule has 0 saturated heterocycles. The highest BCUT2D eigenvalue weighted by atomic mass is 35.5. The van der Waals surface area contributed by atoms with Gasteiger partial charge in [-0.1, -0.05) is 41.9 Å². The number of benzene rings is 2. The number of hydrogen-bond donors (Lipinski definition) is 1. The molecule has 0 spiro atoms. The van der Waals surface area contributed by atoms with Gasteiger partial charge in [0.2, 0.25) is 0 Å². The highest BCUT2D eigenvalue weighted by Crippen LogP contribution is 2.20. The van der Waals surface area contributed by atoms with E-state index in [0.29, 0.717) is 6.61 Å². The molecule has 0 unspecified atom stereocenters. The van der Waals surface area contributed by atoms with Crippen LogP contribution < -0.4 is 10.5 Å². The lowest BCUT2D eigenvalue weighted by Gasteiger charge is -2.09. The Morgan fingerprint density at radius 3 is 2.39 bits per heavy atom. The Labute approximate surface area is 112 Å². The van der Waals surface area contributed by atoms with E-state index in [2.05, 4.69) is 0 Å². The van der Waals surface area contributed by atoms with Gasteiger partial charge >= 0.3 is 0 Å². The molecule has 0 bridgehead atoms. The summed E-state index contributed by atoms with van der Waals surface area (Å²) in [4.78, 5) is 0. The summed E-state index contributed by atoms with van der Waals surface area (Å²) in [6, 6.07) is 15.5. The van der Waals surface area contributed by atoms with Crippen molar-refractivity contribution in [1.82, 2.24) is 0 Å². The molecule has 3 heteroatoms. The van der Waals surface area contributed by atoms with Gasteiger partial charge in [0.1, 0.15) is 12.4 Å². The molecule has 2 N–H and O–H groups in total. The topological polar surface area (TPSA) is 35.2 Å². The molecule has 0 fully saturated rings. The first-order valence-corrected chi connectivity index (χ1v) is 6.26. The molecule has 0 radical (unpaired) electrons. The summed E-state index contributed by atoms with van der Waals surface area (Å²) in [7, 11) is 0. The molecule has 2 aromatic carbocycles. The van der Waals surface area contributed by atoms with Gasteiger partial charge in [0, 0.05) is 16.6 Å². The van der Waals surface area contributed by atoms with Gasteiger partial charge in [-0.25, -0.2) is 0 Å². The summed E-state index contributed by atoms with van der Waals surface area (Å²) < 4.78 is 5.68. The van der Waals surface area contributed by atoms with Crippen LogP contribution in [0.4, 0.5) is 0 Å². The van der Waals surface area contributed by atoms with E-state index in [1.165, 1.54) is 0 Å². The van der Waals surface area contributed by atoms with Crippen molar-refractivity contribution in [3.05, 3.63) is 64.7 Å². The third-order valence-electron chi connectivity index (χ3n) is 2.76. The van der Waals surface area contributed by atoms with Crippen LogP contribution >= 0.6 is 11.6 Å². The lowest BCUT2D eigenvalue weighted by atomic mass is 10.1. The maximum Gasteiger partial charge on any atom is 0.119 e. The third-order valence-corrected chi connectivity index (χ3v) is 3.13. The van der Waals surface area contributed by atoms with Crippen LogP contribution in [-0.2, 0) is 6.61 Å². The number of halogens is 1. The molecule has 0 aliphatic carbocycles. The summed E-state index contributed by atoms with van der Waals surface area (Å²) in [6.45, 7) is 2.43. The molecule has 94 valence electrons. The van der Waals surface area contributed by atoms with E-state index < -0.39 is 0 Å². The van der Waals surface area contributed by atoms with Crippen molar-refractivity contribution in [3.63, 3.8) is 0 Å². The van der Waals surface area contributed by atoms with Gasteiger partial charge in [-0.05, 0) is 30.7 Å². The molecular formula is C15H16ClNO. The van der Waals surface area contributed by atoms with Crippen LogP contribution in [0.5, 0.6) is 5.75 Å². The predicted octanol–water partition coefficient (Wildman–Crippen LogP) is 3.94. The van der Waals surface area contributed by atoms with Crippen LogP contribution in [0, 0.1) is 0 Å². The van der Waals surface area contributed by atoms with Crippen molar-refractivity contribution in [2.45, 2.75) is 19.6 Å². The smallest absolute Gasteiger partial charge is 0.119 e. The van der Waals surface area contributed by atoms with Crippen molar-refractivity contribution >= 4 is 11.6 Å². The average molecular weight is 262 g/mol. The van der Waals surface area contributed by atoms with Gasteiger partial charge in [0.15, 0.2) is 0 Å². The van der Waals surface area contributed by atoms with E-state index in [4.69, 9.17) is 22.1 Å². The standard InChI is InChI=1S/C15H16ClNO/c1-11(17)12-6-8-14(9-7-12)18-10-13-4-2-3-5-15(13)16/h2-9,11H,10,17H2,1H3/t11-/m1/s1. The number of rotatable bonds is 4. The highest BCUT2D eigenvalue weighted by Gasteiger charge is 2.02. The Morgan fingerprint density at radius 2 is 1.78 bits per heavy atom. The fourth-order valence-electron chi connectivity index (χ4n) is 1.64. The van der Waals surface area contributed by atoms with Gasteiger partial charge in [0.05, 0.1) is 0 Å². The summed E-state index contributed by atoms with van der Waals surface area (Å²) in [6.07, 6.45) is 0. The Kier molecular flexibility index (Phi) is 4.24. The molecular weight excluding hydrogens is 246 g/mol. The van der Waals surface area contributed by atoms with E-state index in [-0.39, 0.29) is 6.04 Å². The van der Waals surface area contributed by atoms with Crippen LogP contribution in [0.25, 0.3) is 0 Å². The van der Waals surface area contributed by atoms with Crippen LogP contribution in [0.15, 0.2) is 48.5 Å². The van der Waals surface area contributed by atoms with E-state index in [0.717, 1.165) is 21.9 Å². The second kappa shape index (κ2) is 5.89. The summed E-state index contributed by atoms with van der Waals surface area (Å²) in [5.41, 5.74) is 7.87. The van der Waals surface area contributed by atoms with E-state index >= 15 is 0 Å². The molecule has 0 saturated carbocycles. The van der Waals surface area contributed by atoms with Crippen LogP contribution in [0.3, 0.4) is 0 Å². The van der Waals surface area contributed by atoms with Crippen LogP contribution in [-0.4, -0.2) is 0 Å². The molecule has 0 aromatic heterocycles. The lowest BCUT2D eigenvalue weighted by molar-refractivity contribution is 0.306. The molecule has 2 nitrogen and oxygen atoms in total.